The predicted octanol–water partition coefficient (Wildman–Crippen LogP) is 1.61. The summed E-state index contributed by atoms with van der Waals surface area (Å²) in [5.74, 6) is -2.20. The van der Waals surface area contributed by atoms with E-state index in [1.54, 1.807) is 0 Å². The highest BCUT2D eigenvalue weighted by Crippen LogP contribution is 2.17. The molecule has 0 atom stereocenters. The lowest BCUT2D eigenvalue weighted by Gasteiger charge is -2.07. The summed E-state index contributed by atoms with van der Waals surface area (Å²) in [6, 6.07) is 3.52. The van der Waals surface area contributed by atoms with Crippen LogP contribution >= 0.6 is 0 Å². The largest absolute Gasteiger partial charge is 0.321 e. The van der Waals surface area contributed by atoms with Crippen LogP contribution in [0.1, 0.15) is 0 Å². The summed E-state index contributed by atoms with van der Waals surface area (Å²) in [7, 11) is 0. The quantitative estimate of drug-likeness (QED) is 0.907. The smallest absolute Gasteiger partial charge is 0.315 e. The molecule has 0 saturated heterocycles. The molecule has 0 aliphatic heterocycles. The number of nitrogens with zero attached hydrogens (tertiary/aromatic N) is 3. The molecule has 0 unspecified atom stereocenters. The molecule has 8 heteroatoms. The number of carbonyl (C=O) groups is 1. The Morgan fingerprint density at radius 1 is 1.39 bits per heavy atom. The molecule has 94 valence electrons. The number of anilines is 1. The average molecular weight is 256 g/mol. The lowest BCUT2D eigenvalue weighted by molar-refractivity contribution is -0.126. The molecule has 2 rings (SSSR count). The van der Waals surface area contributed by atoms with Crippen molar-refractivity contribution in [3.8, 4) is 5.69 Å². The highest BCUT2D eigenvalue weighted by molar-refractivity contribution is 5.93. The van der Waals surface area contributed by atoms with Gasteiger partial charge >= 0.3 is 6.43 Å². The molecule has 2 aromatic rings. The van der Waals surface area contributed by atoms with Gasteiger partial charge in [0.1, 0.15) is 18.3 Å². The van der Waals surface area contributed by atoms with E-state index in [-0.39, 0.29) is 11.4 Å². The Balaban J connectivity index is 2.23. The molecule has 1 aromatic heterocycles. The second-order valence-electron chi connectivity index (χ2n) is 3.30. The van der Waals surface area contributed by atoms with Crippen molar-refractivity contribution in [2.45, 2.75) is 6.43 Å². The number of halogens is 3. The van der Waals surface area contributed by atoms with Crippen LogP contribution < -0.4 is 5.32 Å². The van der Waals surface area contributed by atoms with Gasteiger partial charge in [-0.15, -0.1) is 0 Å². The molecule has 1 aromatic carbocycles. The molecule has 0 fully saturated rings. The first-order chi connectivity index (χ1) is 8.58. The first kappa shape index (κ1) is 12.1. The number of benzene rings is 1. The maximum Gasteiger partial charge on any atom is 0.315 e. The van der Waals surface area contributed by atoms with E-state index in [0.29, 0.717) is 0 Å². The zero-order chi connectivity index (χ0) is 13.1. The van der Waals surface area contributed by atoms with Crippen LogP contribution in [0, 0.1) is 5.82 Å². The molecule has 0 aliphatic carbocycles. The van der Waals surface area contributed by atoms with Crippen LogP contribution in [-0.2, 0) is 4.79 Å². The van der Waals surface area contributed by atoms with Gasteiger partial charge < -0.3 is 5.32 Å². The van der Waals surface area contributed by atoms with Gasteiger partial charge in [-0.05, 0) is 18.2 Å². The van der Waals surface area contributed by atoms with Crippen LogP contribution in [0.3, 0.4) is 0 Å². The molecule has 0 radical (unpaired) electrons. The number of nitrogens with one attached hydrogen (secondary N) is 1. The minimum Gasteiger partial charge on any atom is -0.321 e. The van der Waals surface area contributed by atoms with E-state index in [1.807, 2.05) is 5.32 Å². The molecule has 0 bridgehead atoms. The topological polar surface area (TPSA) is 59.8 Å². The van der Waals surface area contributed by atoms with Gasteiger partial charge in [-0.2, -0.15) is 13.9 Å². The third-order valence-electron chi connectivity index (χ3n) is 2.08. The molecule has 1 amide bonds. The Kier molecular flexibility index (Phi) is 3.26. The third-order valence-corrected chi connectivity index (χ3v) is 2.08. The van der Waals surface area contributed by atoms with Crippen LogP contribution in [0.4, 0.5) is 18.9 Å². The lowest BCUT2D eigenvalue weighted by atomic mass is 10.2. The summed E-state index contributed by atoms with van der Waals surface area (Å²) in [4.78, 5) is 14.4. The maximum atomic E-state index is 13.6. The number of aromatic nitrogens is 3. The second-order valence-corrected chi connectivity index (χ2v) is 3.30. The minimum atomic E-state index is -3.15. The molecular formula is C10H7F3N4O. The van der Waals surface area contributed by atoms with Crippen molar-refractivity contribution >= 4 is 11.6 Å². The van der Waals surface area contributed by atoms with Gasteiger partial charge in [-0.25, -0.2) is 14.1 Å². The van der Waals surface area contributed by atoms with E-state index in [4.69, 9.17) is 0 Å². The van der Waals surface area contributed by atoms with E-state index in [0.717, 1.165) is 6.07 Å². The fourth-order valence-corrected chi connectivity index (χ4v) is 1.30. The van der Waals surface area contributed by atoms with Crippen molar-refractivity contribution in [2.75, 3.05) is 5.32 Å². The van der Waals surface area contributed by atoms with Crippen molar-refractivity contribution in [3.05, 3.63) is 36.7 Å². The summed E-state index contributed by atoms with van der Waals surface area (Å²) in [5.41, 5.74) is 0.0456. The first-order valence-corrected chi connectivity index (χ1v) is 4.81. The van der Waals surface area contributed by atoms with Gasteiger partial charge in [0.2, 0.25) is 0 Å². The minimum absolute atomic E-state index is 0.0540. The molecule has 18 heavy (non-hydrogen) atoms. The monoisotopic (exact) mass is 256 g/mol. The van der Waals surface area contributed by atoms with Crippen LogP contribution in [0.5, 0.6) is 0 Å². The van der Waals surface area contributed by atoms with Crippen LogP contribution in [0.2, 0.25) is 0 Å². The van der Waals surface area contributed by atoms with Crippen LogP contribution in [0.25, 0.3) is 5.69 Å². The zero-order valence-electron chi connectivity index (χ0n) is 8.85. The number of rotatable bonds is 3. The number of carbonyl (C=O) groups excluding carboxylic acids is 1. The highest BCUT2D eigenvalue weighted by Gasteiger charge is 2.16. The van der Waals surface area contributed by atoms with Gasteiger partial charge in [-0.3, -0.25) is 4.79 Å². The van der Waals surface area contributed by atoms with Gasteiger partial charge in [-0.1, -0.05) is 0 Å². The molecule has 1 N–H and O–H groups in total. The summed E-state index contributed by atoms with van der Waals surface area (Å²) >= 11 is 0. The van der Waals surface area contributed by atoms with E-state index in [9.17, 15) is 18.0 Å². The molecule has 0 saturated carbocycles. The summed E-state index contributed by atoms with van der Waals surface area (Å²) < 4.78 is 38.8. The number of alkyl halides is 2. The van der Waals surface area contributed by atoms with Gasteiger partial charge in [0.15, 0.2) is 5.82 Å². The van der Waals surface area contributed by atoms with Gasteiger partial charge in [0.05, 0.1) is 0 Å². The van der Waals surface area contributed by atoms with E-state index in [2.05, 4.69) is 10.1 Å². The molecule has 5 nitrogen and oxygen atoms in total. The van der Waals surface area contributed by atoms with Crippen LogP contribution in [-0.4, -0.2) is 27.1 Å². The Bertz CT molecular complexity index is 556. The SMILES string of the molecule is O=C(Nc1ccc(-n2cncn2)c(F)c1)C(F)F. The normalized spacial score (nSPS) is 10.7. The van der Waals surface area contributed by atoms with Gasteiger partial charge in [0, 0.05) is 5.69 Å². The first-order valence-electron chi connectivity index (χ1n) is 4.81. The van der Waals surface area contributed by atoms with Gasteiger partial charge in [0.25, 0.3) is 5.91 Å². The van der Waals surface area contributed by atoms with Crippen molar-refractivity contribution < 1.29 is 18.0 Å². The Labute approximate surface area is 99.3 Å². The van der Waals surface area contributed by atoms with Crippen molar-refractivity contribution in [1.29, 1.82) is 0 Å². The van der Waals surface area contributed by atoms with E-state index in [1.165, 1.54) is 29.5 Å². The standard InChI is InChI=1S/C10H7F3N4O/c11-7-3-6(16-10(18)9(12)13)1-2-8(7)17-5-14-4-15-17/h1-5,9H,(H,16,18). The van der Waals surface area contributed by atoms with Crippen molar-refractivity contribution in [2.24, 2.45) is 0 Å². The van der Waals surface area contributed by atoms with Crippen molar-refractivity contribution in [3.63, 3.8) is 0 Å². The Hall–Kier alpha value is -2.38. The highest BCUT2D eigenvalue weighted by atomic mass is 19.3. The van der Waals surface area contributed by atoms with Crippen molar-refractivity contribution in [1.82, 2.24) is 14.8 Å². The molecular weight excluding hydrogens is 249 g/mol. The lowest BCUT2D eigenvalue weighted by Crippen LogP contribution is -2.20. The van der Waals surface area contributed by atoms with E-state index >= 15 is 0 Å². The number of amides is 1. The Morgan fingerprint density at radius 3 is 2.72 bits per heavy atom. The summed E-state index contributed by atoms with van der Waals surface area (Å²) in [6.45, 7) is 0. The average Bonchev–Trinajstić information content (AvgIpc) is 2.82. The third kappa shape index (κ3) is 2.47. The molecule has 1 heterocycles. The van der Waals surface area contributed by atoms with E-state index < -0.39 is 18.1 Å². The summed E-state index contributed by atoms with van der Waals surface area (Å²) in [5, 5.41) is 5.60. The second kappa shape index (κ2) is 4.86. The zero-order valence-corrected chi connectivity index (χ0v) is 8.85. The Morgan fingerprint density at radius 2 is 2.17 bits per heavy atom. The fourth-order valence-electron chi connectivity index (χ4n) is 1.30. The predicted molar refractivity (Wildman–Crippen MR) is 56.0 cm³/mol. The number of hydrogen-bond acceptors (Lipinski definition) is 3. The molecule has 0 aliphatic rings. The summed E-state index contributed by atoms with van der Waals surface area (Å²) in [6.07, 6.45) is -0.634. The molecule has 0 spiro atoms. The number of hydrogen-bond donors (Lipinski definition) is 1. The maximum absolute atomic E-state index is 13.6. The fraction of sp³-hybridized carbons (Fsp3) is 0.100. The van der Waals surface area contributed by atoms with Crippen LogP contribution in [0.15, 0.2) is 30.9 Å².